The van der Waals surface area contributed by atoms with Gasteiger partial charge in [-0.05, 0) is 17.7 Å². The van der Waals surface area contributed by atoms with E-state index in [4.69, 9.17) is 17.3 Å². The Bertz CT molecular complexity index is 399. The van der Waals surface area contributed by atoms with Gasteiger partial charge in [-0.2, -0.15) is 0 Å². The summed E-state index contributed by atoms with van der Waals surface area (Å²) in [5.41, 5.74) is 5.04. The van der Waals surface area contributed by atoms with E-state index >= 15 is 0 Å². The van der Waals surface area contributed by atoms with Gasteiger partial charge in [-0.1, -0.05) is 17.7 Å². The Labute approximate surface area is 110 Å². The SMILES string of the molecule is Cl.N[C@@H](c1ccc(OC(F)(F)F)c(Cl)c1)C(F)F. The average Bonchev–Trinajstić information content (AvgIpc) is 2.18. The third-order valence-electron chi connectivity index (χ3n) is 1.84. The van der Waals surface area contributed by atoms with Crippen molar-refractivity contribution >= 4 is 24.0 Å². The maximum absolute atomic E-state index is 12.2. The van der Waals surface area contributed by atoms with Crippen LogP contribution in [-0.4, -0.2) is 12.8 Å². The minimum atomic E-state index is -4.89. The highest BCUT2D eigenvalue weighted by atomic mass is 35.5. The number of hydrogen-bond acceptors (Lipinski definition) is 2. The van der Waals surface area contributed by atoms with Crippen molar-refractivity contribution in [3.8, 4) is 5.75 Å². The fourth-order valence-corrected chi connectivity index (χ4v) is 1.30. The van der Waals surface area contributed by atoms with Crippen molar-refractivity contribution in [2.75, 3.05) is 0 Å². The fraction of sp³-hybridized carbons (Fsp3) is 0.333. The second kappa shape index (κ2) is 6.40. The zero-order chi connectivity index (χ0) is 13.2. The molecule has 104 valence electrons. The molecule has 0 bridgehead atoms. The first kappa shape index (κ1) is 17.2. The molecule has 9 heteroatoms. The number of alkyl halides is 5. The molecule has 0 heterocycles. The predicted octanol–water partition coefficient (Wildman–Crippen LogP) is 3.93. The van der Waals surface area contributed by atoms with Crippen LogP contribution in [0.2, 0.25) is 5.02 Å². The first-order valence-corrected chi connectivity index (χ1v) is 4.67. The molecule has 0 aromatic heterocycles. The topological polar surface area (TPSA) is 35.2 Å². The van der Waals surface area contributed by atoms with E-state index < -0.39 is 29.6 Å². The number of rotatable bonds is 3. The monoisotopic (exact) mass is 311 g/mol. The van der Waals surface area contributed by atoms with Gasteiger partial charge in [-0.25, -0.2) is 8.78 Å². The predicted molar refractivity (Wildman–Crippen MR) is 58.3 cm³/mol. The van der Waals surface area contributed by atoms with Crippen molar-refractivity contribution in [1.82, 2.24) is 0 Å². The lowest BCUT2D eigenvalue weighted by molar-refractivity contribution is -0.274. The van der Waals surface area contributed by atoms with Crippen LogP contribution in [0.5, 0.6) is 5.75 Å². The van der Waals surface area contributed by atoms with Crippen LogP contribution in [0.4, 0.5) is 22.0 Å². The summed E-state index contributed by atoms with van der Waals surface area (Å²) < 4.78 is 63.7. The van der Waals surface area contributed by atoms with Gasteiger partial charge < -0.3 is 10.5 Å². The van der Waals surface area contributed by atoms with Crippen LogP contribution >= 0.6 is 24.0 Å². The Hall–Kier alpha value is -0.790. The van der Waals surface area contributed by atoms with Crippen molar-refractivity contribution in [2.24, 2.45) is 5.73 Å². The molecule has 1 aromatic carbocycles. The standard InChI is InChI=1S/C9H7ClF5NO.ClH/c10-5-3-4(7(16)8(11)12)1-2-6(5)17-9(13,14)15;/h1-3,7-8H,16H2;1H/t7-;/m0./s1. The van der Waals surface area contributed by atoms with Gasteiger partial charge in [0.25, 0.3) is 6.43 Å². The van der Waals surface area contributed by atoms with Gasteiger partial charge in [0.05, 0.1) is 11.1 Å². The second-order valence-electron chi connectivity index (χ2n) is 3.10. The molecule has 2 N–H and O–H groups in total. The molecule has 0 amide bonds. The van der Waals surface area contributed by atoms with Crippen molar-refractivity contribution in [3.05, 3.63) is 28.8 Å². The zero-order valence-corrected chi connectivity index (χ0v) is 10.1. The Kier molecular flexibility index (Phi) is 6.12. The molecule has 2 nitrogen and oxygen atoms in total. The zero-order valence-electron chi connectivity index (χ0n) is 8.55. The van der Waals surface area contributed by atoms with Crippen LogP contribution in [0, 0.1) is 0 Å². The summed E-state index contributed by atoms with van der Waals surface area (Å²) in [7, 11) is 0. The molecule has 1 rings (SSSR count). The van der Waals surface area contributed by atoms with Gasteiger partial charge in [0.15, 0.2) is 0 Å². The van der Waals surface area contributed by atoms with E-state index in [0.717, 1.165) is 18.2 Å². The average molecular weight is 312 g/mol. The summed E-state index contributed by atoms with van der Waals surface area (Å²) in [4.78, 5) is 0. The van der Waals surface area contributed by atoms with E-state index in [9.17, 15) is 22.0 Å². The lowest BCUT2D eigenvalue weighted by Gasteiger charge is -2.14. The van der Waals surface area contributed by atoms with E-state index in [1.807, 2.05) is 0 Å². The lowest BCUT2D eigenvalue weighted by atomic mass is 10.1. The minimum Gasteiger partial charge on any atom is -0.404 e. The molecule has 18 heavy (non-hydrogen) atoms. The molecule has 0 spiro atoms. The number of ether oxygens (including phenoxy) is 1. The molecule has 1 aromatic rings. The molecule has 0 aliphatic rings. The fourth-order valence-electron chi connectivity index (χ4n) is 1.08. The molecule has 0 saturated carbocycles. The minimum absolute atomic E-state index is 0. The van der Waals surface area contributed by atoms with Gasteiger partial charge in [-0.15, -0.1) is 25.6 Å². The third-order valence-corrected chi connectivity index (χ3v) is 2.13. The van der Waals surface area contributed by atoms with Gasteiger partial charge in [0.1, 0.15) is 5.75 Å². The Balaban J connectivity index is 0.00000289. The highest BCUT2D eigenvalue weighted by molar-refractivity contribution is 6.32. The van der Waals surface area contributed by atoms with E-state index in [1.165, 1.54) is 0 Å². The number of nitrogens with two attached hydrogens (primary N) is 1. The normalized spacial score (nSPS) is 13.1. The molecule has 0 aliphatic carbocycles. The van der Waals surface area contributed by atoms with Crippen molar-refractivity contribution < 1.29 is 26.7 Å². The van der Waals surface area contributed by atoms with Crippen molar-refractivity contribution in [2.45, 2.75) is 18.8 Å². The summed E-state index contributed by atoms with van der Waals surface area (Å²) in [5, 5.41) is -0.434. The van der Waals surface area contributed by atoms with E-state index in [2.05, 4.69) is 4.74 Å². The Morgan fingerprint density at radius 3 is 2.17 bits per heavy atom. The summed E-state index contributed by atoms with van der Waals surface area (Å²) in [6.07, 6.45) is -7.73. The van der Waals surface area contributed by atoms with Crippen LogP contribution in [0.25, 0.3) is 0 Å². The number of benzene rings is 1. The van der Waals surface area contributed by atoms with Crippen molar-refractivity contribution in [3.63, 3.8) is 0 Å². The van der Waals surface area contributed by atoms with Crippen LogP contribution in [0.3, 0.4) is 0 Å². The first-order valence-electron chi connectivity index (χ1n) is 4.29. The molecule has 0 radical (unpaired) electrons. The van der Waals surface area contributed by atoms with Crippen LogP contribution in [0.15, 0.2) is 18.2 Å². The molecular formula is C9H8Cl2F5NO. The maximum Gasteiger partial charge on any atom is 0.573 e. The van der Waals surface area contributed by atoms with Crippen LogP contribution in [0.1, 0.15) is 11.6 Å². The highest BCUT2D eigenvalue weighted by Gasteiger charge is 2.32. The maximum atomic E-state index is 12.2. The van der Waals surface area contributed by atoms with E-state index in [-0.39, 0.29) is 18.0 Å². The summed E-state index contributed by atoms with van der Waals surface area (Å²) in [6, 6.07) is 1.16. The second-order valence-corrected chi connectivity index (χ2v) is 3.51. The van der Waals surface area contributed by atoms with Gasteiger partial charge >= 0.3 is 6.36 Å². The molecular weight excluding hydrogens is 304 g/mol. The summed E-state index contributed by atoms with van der Waals surface area (Å²) >= 11 is 5.46. The summed E-state index contributed by atoms with van der Waals surface area (Å²) in [6.45, 7) is 0. The van der Waals surface area contributed by atoms with E-state index in [0.29, 0.717) is 0 Å². The van der Waals surface area contributed by atoms with E-state index in [1.54, 1.807) is 0 Å². The summed E-state index contributed by atoms with van der Waals surface area (Å²) in [5.74, 6) is -0.663. The lowest BCUT2D eigenvalue weighted by Crippen LogP contribution is -2.20. The largest absolute Gasteiger partial charge is 0.573 e. The molecule has 0 unspecified atom stereocenters. The Morgan fingerprint density at radius 1 is 1.22 bits per heavy atom. The first-order chi connectivity index (χ1) is 7.70. The van der Waals surface area contributed by atoms with Crippen LogP contribution < -0.4 is 10.5 Å². The number of hydrogen-bond donors (Lipinski definition) is 1. The molecule has 0 aliphatic heterocycles. The van der Waals surface area contributed by atoms with Crippen molar-refractivity contribution in [1.29, 1.82) is 0 Å². The Morgan fingerprint density at radius 2 is 1.78 bits per heavy atom. The molecule has 0 fully saturated rings. The van der Waals surface area contributed by atoms with Crippen LogP contribution in [-0.2, 0) is 0 Å². The smallest absolute Gasteiger partial charge is 0.404 e. The van der Waals surface area contributed by atoms with Gasteiger partial charge in [0.2, 0.25) is 0 Å². The quantitative estimate of drug-likeness (QED) is 0.859. The highest BCUT2D eigenvalue weighted by Crippen LogP contribution is 2.32. The van der Waals surface area contributed by atoms with Gasteiger partial charge in [-0.3, -0.25) is 0 Å². The number of halogens is 7. The molecule has 0 saturated heterocycles. The van der Waals surface area contributed by atoms with Gasteiger partial charge in [0, 0.05) is 0 Å². The third kappa shape index (κ3) is 4.83. The molecule has 1 atom stereocenters.